The van der Waals surface area contributed by atoms with Crippen LogP contribution in [0.4, 0.5) is 0 Å². The molecule has 5 fully saturated rings. The van der Waals surface area contributed by atoms with Crippen molar-refractivity contribution in [1.82, 2.24) is 41.7 Å². The molecule has 9 atom stereocenters. The average molecular weight is 679 g/mol. The summed E-state index contributed by atoms with van der Waals surface area (Å²) in [5.41, 5.74) is 4.40. The van der Waals surface area contributed by atoms with E-state index in [0.717, 1.165) is 38.8 Å². The second-order valence-electron chi connectivity index (χ2n) is 11.3. The van der Waals surface area contributed by atoms with Crippen molar-refractivity contribution in [3.05, 3.63) is 0 Å². The number of hydrogen-bond donors (Lipinski definition) is 8. The van der Waals surface area contributed by atoms with Crippen LogP contribution in [0.1, 0.15) is 25.7 Å². The van der Waals surface area contributed by atoms with Crippen LogP contribution in [-0.2, 0) is 38.1 Å². The summed E-state index contributed by atoms with van der Waals surface area (Å²) in [6.45, 7) is 2.74. The number of ether oxygens (including phenoxy) is 4. The summed E-state index contributed by atoms with van der Waals surface area (Å²) in [6, 6.07) is 0. The maximum absolute atomic E-state index is 12.9. The van der Waals surface area contributed by atoms with E-state index in [4.69, 9.17) is 21.8 Å². The van der Waals surface area contributed by atoms with Gasteiger partial charge in [0.15, 0.2) is 0 Å². The maximum Gasteiger partial charge on any atom is 0.323 e. The van der Waals surface area contributed by atoms with Gasteiger partial charge in [0.05, 0.1) is 18.8 Å². The van der Waals surface area contributed by atoms with Crippen molar-refractivity contribution in [1.29, 1.82) is 0 Å². The molecule has 0 aromatic heterocycles. The van der Waals surface area contributed by atoms with Crippen LogP contribution >= 0.6 is 23.5 Å². The number of likely N-dealkylation sites (tertiary alicyclic amines) is 2. The number of rotatable bonds is 14. The van der Waals surface area contributed by atoms with Crippen LogP contribution in [-0.4, -0.2) is 133 Å². The van der Waals surface area contributed by atoms with Crippen LogP contribution in [0.3, 0.4) is 0 Å². The maximum atomic E-state index is 12.9. The lowest BCUT2D eigenvalue weighted by Gasteiger charge is -2.44. The molecule has 20 heteroatoms. The smallest absolute Gasteiger partial charge is 0.323 e. The molecule has 5 aliphatic rings. The van der Waals surface area contributed by atoms with Gasteiger partial charge in [-0.3, -0.25) is 60.9 Å². The van der Waals surface area contributed by atoms with E-state index in [2.05, 4.69) is 53.2 Å². The first-order valence-electron chi connectivity index (χ1n) is 16.0. The molecule has 0 saturated carbocycles. The third kappa shape index (κ3) is 9.17. The molecule has 0 bridgehead atoms. The van der Waals surface area contributed by atoms with Gasteiger partial charge >= 0.3 is 17.9 Å². The SMILES string of the molecule is [2H]NC1NC(SCC(=O)OCCOC(=O)C2SC23NC(N[2H])NC(N2CCCC(OC=O)C2)N3)NC(N2CCCC(C(=O)OC)C2)N1. The van der Waals surface area contributed by atoms with E-state index >= 15 is 0 Å². The third-order valence-corrected chi connectivity index (χ3v) is 10.5. The van der Waals surface area contributed by atoms with E-state index in [9.17, 15) is 19.2 Å². The number of carbonyl (C=O) groups is 4. The molecule has 0 amide bonds. The minimum Gasteiger partial charge on any atom is -0.469 e. The van der Waals surface area contributed by atoms with Crippen molar-refractivity contribution < 1.29 is 40.9 Å². The lowest BCUT2D eigenvalue weighted by molar-refractivity contribution is -0.150. The fourth-order valence-corrected chi connectivity index (χ4v) is 7.85. The number of carbonyl (C=O) groups excluding carboxylic acids is 4. The Kier molecular flexibility index (Phi) is 11.2. The Hall–Kier alpha value is -1.82. The van der Waals surface area contributed by atoms with Gasteiger partial charge in [-0.25, -0.2) is 0 Å². The molecule has 0 aromatic rings. The number of nitrogens with two attached hydrogens (primary N) is 2. The van der Waals surface area contributed by atoms with E-state index in [1.54, 1.807) is 0 Å². The predicted molar refractivity (Wildman–Crippen MR) is 163 cm³/mol. The zero-order valence-corrected chi connectivity index (χ0v) is 26.6. The van der Waals surface area contributed by atoms with E-state index in [1.807, 2.05) is 0 Å². The Bertz CT molecular complexity index is 1110. The van der Waals surface area contributed by atoms with Crippen LogP contribution in [0.25, 0.3) is 0 Å². The minimum atomic E-state index is -0.857. The van der Waals surface area contributed by atoms with Crippen LogP contribution in [0.5, 0.6) is 0 Å². The lowest BCUT2D eigenvalue weighted by atomic mass is 9.98. The zero-order chi connectivity index (χ0) is 33.4. The van der Waals surface area contributed by atoms with Gasteiger partial charge in [-0.15, -0.1) is 23.5 Å². The third-order valence-electron chi connectivity index (χ3n) is 8.15. The number of nitrogens with one attached hydrogen (secondary N) is 6. The number of hydrogen-bond acceptors (Lipinski definition) is 20. The van der Waals surface area contributed by atoms with Crippen LogP contribution in [0.2, 0.25) is 2.82 Å². The Balaban J connectivity index is 1.01. The highest BCUT2D eigenvalue weighted by atomic mass is 32.2. The van der Waals surface area contributed by atoms with Gasteiger partial charge in [-0.2, -0.15) is 0 Å². The first-order chi connectivity index (χ1) is 22.8. The van der Waals surface area contributed by atoms with Crippen molar-refractivity contribution in [2.24, 2.45) is 17.4 Å². The summed E-state index contributed by atoms with van der Waals surface area (Å²) in [5, 5.41) is 18.9. The molecule has 0 radical (unpaired) electrons. The van der Waals surface area contributed by atoms with Gasteiger partial charge in [-0.1, -0.05) is 0 Å². The first-order valence-corrected chi connectivity index (χ1v) is 16.9. The molecule has 10 N–H and O–H groups in total. The summed E-state index contributed by atoms with van der Waals surface area (Å²) in [7, 11) is 1.38. The Labute approximate surface area is 272 Å². The van der Waals surface area contributed by atoms with E-state index in [1.165, 1.54) is 30.6 Å². The van der Waals surface area contributed by atoms with Crippen molar-refractivity contribution in [3.8, 4) is 0 Å². The molecular weight excluding hydrogens is 632 g/mol. The highest BCUT2D eigenvalue weighted by molar-refractivity contribution is 8.09. The number of methoxy groups -OCH3 is 1. The van der Waals surface area contributed by atoms with Crippen molar-refractivity contribution >= 4 is 47.9 Å². The molecular formula is C25H44N10O8S2. The summed E-state index contributed by atoms with van der Waals surface area (Å²) in [6.07, 6.45) is 1.06. The van der Waals surface area contributed by atoms with Crippen molar-refractivity contribution in [2.75, 3.05) is 52.3 Å². The van der Waals surface area contributed by atoms with Gasteiger partial charge in [0.2, 0.25) is 0 Å². The molecule has 1 spiro atoms. The van der Waals surface area contributed by atoms with Crippen LogP contribution in [0, 0.1) is 5.92 Å². The quantitative estimate of drug-likeness (QED) is 0.0287. The van der Waals surface area contributed by atoms with Gasteiger partial charge in [0.25, 0.3) is 6.47 Å². The lowest BCUT2D eigenvalue weighted by Crippen LogP contribution is -2.77. The molecule has 5 saturated heterocycles. The molecule has 5 aliphatic heterocycles. The van der Waals surface area contributed by atoms with Crippen molar-refractivity contribution in [3.63, 3.8) is 0 Å². The second-order valence-corrected chi connectivity index (χ2v) is 13.7. The van der Waals surface area contributed by atoms with Gasteiger partial charge < -0.3 is 30.4 Å². The highest BCUT2D eigenvalue weighted by Crippen LogP contribution is 2.51. The van der Waals surface area contributed by atoms with Crippen LogP contribution < -0.4 is 43.4 Å². The second kappa shape index (κ2) is 15.8. The highest BCUT2D eigenvalue weighted by Gasteiger charge is 2.64. The van der Waals surface area contributed by atoms with Gasteiger partial charge in [0, 0.05) is 26.2 Å². The Morgan fingerprint density at radius 1 is 0.978 bits per heavy atom. The fraction of sp³-hybridized carbons (Fsp3) is 0.840. The van der Waals surface area contributed by atoms with E-state index in [0.29, 0.717) is 19.6 Å². The fourth-order valence-electron chi connectivity index (χ4n) is 5.94. The summed E-state index contributed by atoms with van der Waals surface area (Å²) in [4.78, 5) is 51.5. The summed E-state index contributed by atoms with van der Waals surface area (Å²) < 4.78 is 36.0. The number of thioether (sulfide) groups is 2. The standard InChI is InChI=1S/C25H44N10O8S2/c1-40-18(38)14-4-2-6-34(10-14)22-28-20(26)30-24(31-22)44-12-16(37)41-8-9-42-19(39)17-25(45-17)32-21(27)29-23(33-25)35-7-3-5-15(11-35)43-13-36/h13-15,17,20-24,28-33H,2-12,26-27H2,1H3/i/hD2. The molecule has 254 valence electrons. The van der Waals surface area contributed by atoms with Crippen molar-refractivity contribution in [2.45, 2.75) is 72.7 Å². The zero-order valence-electron chi connectivity index (χ0n) is 27.0. The van der Waals surface area contributed by atoms with E-state index in [-0.39, 0.29) is 49.5 Å². The largest absolute Gasteiger partial charge is 0.469 e. The molecule has 45 heavy (non-hydrogen) atoms. The molecule has 5 heterocycles. The topological polar surface area (TPSA) is 236 Å². The van der Waals surface area contributed by atoms with Crippen LogP contribution in [0.15, 0.2) is 0 Å². The Morgan fingerprint density at radius 2 is 1.73 bits per heavy atom. The molecule has 0 aliphatic carbocycles. The molecule has 5 rings (SSSR count). The normalized spacial score (nSPS) is 38.0. The number of piperidine rings is 2. The summed E-state index contributed by atoms with van der Waals surface area (Å²) in [5.74, 6) is -1.45. The van der Waals surface area contributed by atoms with Gasteiger partial charge in [0.1, 0.15) is 63.0 Å². The predicted octanol–water partition coefficient (Wildman–Crippen LogP) is -4.00. The monoisotopic (exact) mass is 678 g/mol. The summed E-state index contributed by atoms with van der Waals surface area (Å²) >= 11 is 2.57. The average Bonchev–Trinajstić information content (AvgIpc) is 3.80. The molecule has 18 nitrogen and oxygen atoms in total. The molecule has 9 unspecified atom stereocenters. The Morgan fingerprint density at radius 3 is 2.51 bits per heavy atom. The first kappa shape index (κ1) is 31.8. The number of nitrogens with zero attached hydrogens (tertiary/aromatic N) is 2. The van der Waals surface area contributed by atoms with E-state index < -0.39 is 40.3 Å². The molecule has 0 aromatic carbocycles. The minimum absolute atomic E-state index is 0.00140. The van der Waals surface area contributed by atoms with Gasteiger partial charge in [-0.05, 0) is 25.7 Å². The number of esters is 3.